The van der Waals surface area contributed by atoms with Crippen molar-refractivity contribution in [3.05, 3.63) is 33.9 Å². The zero-order valence-electron chi connectivity index (χ0n) is 12.8. The van der Waals surface area contributed by atoms with Crippen LogP contribution < -0.4 is 10.6 Å². The third kappa shape index (κ3) is 4.41. The van der Waals surface area contributed by atoms with Crippen molar-refractivity contribution in [3.63, 3.8) is 0 Å². The van der Waals surface area contributed by atoms with Crippen LogP contribution in [-0.4, -0.2) is 36.5 Å². The summed E-state index contributed by atoms with van der Waals surface area (Å²) in [6.07, 6.45) is 4.06. The first-order chi connectivity index (χ1) is 11.0. The molecule has 0 radical (unpaired) electrons. The van der Waals surface area contributed by atoms with Gasteiger partial charge < -0.3 is 15.4 Å². The molecule has 0 aromatic heterocycles. The number of esters is 1. The molecule has 1 aliphatic rings. The van der Waals surface area contributed by atoms with Crippen LogP contribution in [0.4, 0.5) is 11.4 Å². The minimum absolute atomic E-state index is 0.0318. The first kappa shape index (κ1) is 16.7. The lowest BCUT2D eigenvalue weighted by molar-refractivity contribution is -0.384. The summed E-state index contributed by atoms with van der Waals surface area (Å²) in [6.45, 7) is -0.392. The molecule has 0 heterocycles. The number of rotatable bonds is 6. The molecule has 1 aliphatic carbocycles. The molecule has 1 aromatic carbocycles. The summed E-state index contributed by atoms with van der Waals surface area (Å²) < 4.78 is 4.91. The largest absolute Gasteiger partial charge is 0.452 e. The normalized spacial score (nSPS) is 14.3. The lowest BCUT2D eigenvalue weighted by Crippen LogP contribution is -2.35. The molecular formula is C15H19N3O5. The third-order valence-electron chi connectivity index (χ3n) is 3.75. The number of ether oxygens (including phenoxy) is 1. The van der Waals surface area contributed by atoms with Gasteiger partial charge in [-0.3, -0.25) is 14.9 Å². The van der Waals surface area contributed by atoms with Crippen LogP contribution in [0.3, 0.4) is 0 Å². The molecule has 2 rings (SSSR count). The highest BCUT2D eigenvalue weighted by atomic mass is 16.6. The zero-order valence-corrected chi connectivity index (χ0v) is 12.8. The molecule has 0 bridgehead atoms. The minimum Gasteiger partial charge on any atom is -0.452 e. The zero-order chi connectivity index (χ0) is 16.8. The van der Waals surface area contributed by atoms with E-state index in [1.54, 1.807) is 7.05 Å². The second kappa shape index (κ2) is 7.57. The summed E-state index contributed by atoms with van der Waals surface area (Å²) in [4.78, 5) is 34.0. The summed E-state index contributed by atoms with van der Waals surface area (Å²) in [5.41, 5.74) is 0.104. The number of nitrogens with one attached hydrogen (secondary N) is 2. The topological polar surface area (TPSA) is 111 Å². The number of carbonyl (C=O) groups is 2. The second-order valence-electron chi connectivity index (χ2n) is 5.36. The van der Waals surface area contributed by atoms with Gasteiger partial charge in [0.15, 0.2) is 6.61 Å². The maximum atomic E-state index is 11.9. The fraction of sp³-hybridized carbons (Fsp3) is 0.467. The van der Waals surface area contributed by atoms with E-state index in [0.717, 1.165) is 31.7 Å². The van der Waals surface area contributed by atoms with Crippen molar-refractivity contribution in [2.45, 2.75) is 31.7 Å². The number of hydrogen-bond acceptors (Lipinski definition) is 6. The Kier molecular flexibility index (Phi) is 5.51. The predicted molar refractivity (Wildman–Crippen MR) is 83.3 cm³/mol. The molecule has 0 atom stereocenters. The Morgan fingerprint density at radius 1 is 1.35 bits per heavy atom. The molecule has 0 spiro atoms. The smallest absolute Gasteiger partial charge is 0.338 e. The Balaban J connectivity index is 1.93. The molecule has 1 saturated carbocycles. The molecule has 2 N–H and O–H groups in total. The summed E-state index contributed by atoms with van der Waals surface area (Å²) in [7, 11) is 1.55. The average molecular weight is 321 g/mol. The van der Waals surface area contributed by atoms with E-state index in [4.69, 9.17) is 4.74 Å². The molecule has 0 saturated heterocycles. The Labute approximate surface area is 133 Å². The number of nitrogens with zero attached hydrogens (tertiary/aromatic N) is 1. The Morgan fingerprint density at radius 2 is 2.04 bits per heavy atom. The van der Waals surface area contributed by atoms with Gasteiger partial charge in [0.25, 0.3) is 11.6 Å². The van der Waals surface area contributed by atoms with Gasteiger partial charge in [0.05, 0.1) is 10.5 Å². The van der Waals surface area contributed by atoms with E-state index in [-0.39, 0.29) is 23.2 Å². The van der Waals surface area contributed by atoms with Crippen LogP contribution in [-0.2, 0) is 9.53 Å². The second-order valence-corrected chi connectivity index (χ2v) is 5.36. The fourth-order valence-corrected chi connectivity index (χ4v) is 2.57. The molecule has 8 heteroatoms. The quantitative estimate of drug-likeness (QED) is 0.470. The standard InChI is InChI=1S/C15H19N3O5/c1-16-12-7-6-10(8-13(12)18(21)22)15(20)23-9-14(19)17-11-4-2-3-5-11/h6-8,11,16H,2-5,9H2,1H3,(H,17,19). The number of anilines is 1. The summed E-state index contributed by atoms with van der Waals surface area (Å²) in [5.74, 6) is -1.12. The molecular weight excluding hydrogens is 302 g/mol. The van der Waals surface area contributed by atoms with E-state index in [1.165, 1.54) is 12.1 Å². The molecule has 124 valence electrons. The van der Waals surface area contributed by atoms with Crippen LogP contribution in [0.15, 0.2) is 18.2 Å². The van der Waals surface area contributed by atoms with Gasteiger partial charge in [0.1, 0.15) is 5.69 Å². The van der Waals surface area contributed by atoms with Gasteiger partial charge in [-0.05, 0) is 25.0 Å². The van der Waals surface area contributed by atoms with Crippen LogP contribution in [0.25, 0.3) is 0 Å². The lowest BCUT2D eigenvalue weighted by Gasteiger charge is -2.12. The minimum atomic E-state index is -0.766. The Hall–Kier alpha value is -2.64. The number of nitro groups is 1. The monoisotopic (exact) mass is 321 g/mol. The van der Waals surface area contributed by atoms with Gasteiger partial charge in [-0.25, -0.2) is 4.79 Å². The average Bonchev–Trinajstić information content (AvgIpc) is 3.04. The number of benzene rings is 1. The van der Waals surface area contributed by atoms with Crippen LogP contribution in [0.5, 0.6) is 0 Å². The highest BCUT2D eigenvalue weighted by Crippen LogP contribution is 2.25. The van der Waals surface area contributed by atoms with E-state index >= 15 is 0 Å². The molecule has 0 aliphatic heterocycles. The van der Waals surface area contributed by atoms with E-state index in [1.807, 2.05) is 0 Å². The van der Waals surface area contributed by atoms with E-state index in [0.29, 0.717) is 5.69 Å². The first-order valence-corrected chi connectivity index (χ1v) is 7.44. The Bertz CT molecular complexity index is 611. The van der Waals surface area contributed by atoms with Crippen molar-refractivity contribution in [1.29, 1.82) is 0 Å². The van der Waals surface area contributed by atoms with Gasteiger partial charge in [0, 0.05) is 19.2 Å². The number of nitro benzene ring substituents is 1. The van der Waals surface area contributed by atoms with Crippen LogP contribution in [0, 0.1) is 10.1 Å². The van der Waals surface area contributed by atoms with Gasteiger partial charge >= 0.3 is 5.97 Å². The highest BCUT2D eigenvalue weighted by molar-refractivity contribution is 5.93. The fourth-order valence-electron chi connectivity index (χ4n) is 2.57. The van der Waals surface area contributed by atoms with Crippen molar-refractivity contribution in [1.82, 2.24) is 5.32 Å². The highest BCUT2D eigenvalue weighted by Gasteiger charge is 2.20. The van der Waals surface area contributed by atoms with Crippen molar-refractivity contribution in [3.8, 4) is 0 Å². The molecule has 1 amide bonds. The molecule has 1 aromatic rings. The van der Waals surface area contributed by atoms with Gasteiger partial charge in [0.2, 0.25) is 0 Å². The van der Waals surface area contributed by atoms with Crippen molar-refractivity contribution >= 4 is 23.3 Å². The van der Waals surface area contributed by atoms with E-state index < -0.39 is 17.5 Å². The summed E-state index contributed by atoms with van der Waals surface area (Å²) >= 11 is 0. The number of carbonyl (C=O) groups excluding carboxylic acids is 2. The first-order valence-electron chi connectivity index (χ1n) is 7.44. The van der Waals surface area contributed by atoms with Crippen molar-refractivity contribution in [2.24, 2.45) is 0 Å². The lowest BCUT2D eigenvalue weighted by atomic mass is 10.1. The summed E-state index contributed by atoms with van der Waals surface area (Å²) in [6, 6.07) is 4.11. The molecule has 1 fully saturated rings. The maximum Gasteiger partial charge on any atom is 0.338 e. The third-order valence-corrected chi connectivity index (χ3v) is 3.75. The van der Waals surface area contributed by atoms with Crippen LogP contribution in [0.2, 0.25) is 0 Å². The van der Waals surface area contributed by atoms with Gasteiger partial charge in [-0.15, -0.1) is 0 Å². The predicted octanol–water partition coefficient (Wildman–Crippen LogP) is 1.85. The SMILES string of the molecule is CNc1ccc(C(=O)OCC(=O)NC2CCCC2)cc1[N+](=O)[O-]. The van der Waals surface area contributed by atoms with Crippen molar-refractivity contribution < 1.29 is 19.2 Å². The molecule has 23 heavy (non-hydrogen) atoms. The van der Waals surface area contributed by atoms with E-state index in [2.05, 4.69) is 10.6 Å². The number of hydrogen-bond donors (Lipinski definition) is 2. The van der Waals surface area contributed by atoms with Crippen molar-refractivity contribution in [2.75, 3.05) is 19.0 Å². The van der Waals surface area contributed by atoms with Gasteiger partial charge in [-0.2, -0.15) is 0 Å². The maximum absolute atomic E-state index is 11.9. The number of amides is 1. The molecule has 0 unspecified atom stereocenters. The van der Waals surface area contributed by atoms with Gasteiger partial charge in [-0.1, -0.05) is 12.8 Å². The summed E-state index contributed by atoms with van der Waals surface area (Å²) in [5, 5.41) is 16.4. The van der Waals surface area contributed by atoms with Crippen LogP contribution in [0.1, 0.15) is 36.0 Å². The molecule has 8 nitrogen and oxygen atoms in total. The van der Waals surface area contributed by atoms with E-state index in [9.17, 15) is 19.7 Å². The Morgan fingerprint density at radius 3 is 2.65 bits per heavy atom. The van der Waals surface area contributed by atoms with Crippen LogP contribution >= 0.6 is 0 Å².